The van der Waals surface area contributed by atoms with E-state index in [-0.39, 0.29) is 25.9 Å². The second kappa shape index (κ2) is 17.8. The summed E-state index contributed by atoms with van der Waals surface area (Å²) in [5, 5.41) is 31.6. The van der Waals surface area contributed by atoms with Crippen molar-refractivity contribution in [2.24, 2.45) is 11.7 Å². The number of carboxylic acid groups (broad SMARTS) is 1. The molecule has 53 heavy (non-hydrogen) atoms. The normalized spacial score (nSPS) is 19.7. The minimum absolute atomic E-state index is 0.0153. The van der Waals surface area contributed by atoms with Crippen LogP contribution >= 0.6 is 0 Å². The number of carboxylic acids is 1. The summed E-state index contributed by atoms with van der Waals surface area (Å²) >= 11 is 0. The number of urea groups is 1. The minimum Gasteiger partial charge on any atom is -0.480 e. The number of benzene rings is 1. The SMILES string of the molecule is CC[C@H](C)[C@H](NC(=O)N[C@@H](Cc1c[nH]c2ccccc12)C(=O)O)C(=O)N[C@H](C(=O)NC[C@H]1C[C@@H](O)[C@H](n2ccc(=O)[nH]c2=O)O1)[C@H](C)N(C)C(=O)CN. The third-order valence-corrected chi connectivity index (χ3v) is 9.52. The molecule has 0 saturated carbocycles. The van der Waals surface area contributed by atoms with Crippen LogP contribution < -0.4 is 38.2 Å². The Hall–Kier alpha value is -5.53. The molecule has 1 saturated heterocycles. The zero-order chi connectivity index (χ0) is 39.0. The van der Waals surface area contributed by atoms with Crippen molar-refractivity contribution in [2.45, 2.75) is 82.6 Å². The van der Waals surface area contributed by atoms with Crippen LogP contribution in [0, 0.1) is 5.92 Å². The average Bonchev–Trinajstić information content (AvgIpc) is 3.72. The van der Waals surface area contributed by atoms with E-state index in [9.17, 15) is 43.8 Å². The number of aliphatic hydroxyl groups is 1. The van der Waals surface area contributed by atoms with Gasteiger partial charge in [-0.05, 0) is 24.5 Å². The number of aliphatic hydroxyl groups excluding tert-OH is 1. The standard InChI is InChI=1S/C34H47N9O10/c1-5-17(2)27(41-33(51)38-23(32(49)50)12-19-15-36-22-9-7-6-8-21(19)22)30(48)40-28(18(3)42(4)26(46)14-35)29(47)37-16-20-13-24(44)31(53-20)43-11-10-25(45)39-34(43)52/h6-11,15,17-18,20,23-24,27-28,31,36,44H,5,12-14,16,35H2,1-4H3,(H,37,47)(H,40,48)(H,49,50)(H2,38,41,51)(H,39,45,52)/t17-,18-,20+,23-,24+,27-,28-,31+/m0/s1. The molecular weight excluding hydrogens is 694 g/mol. The zero-order valence-electron chi connectivity index (χ0n) is 29.8. The first kappa shape index (κ1) is 40.2. The van der Waals surface area contributed by atoms with Gasteiger partial charge in [0.15, 0.2) is 6.23 Å². The van der Waals surface area contributed by atoms with Crippen molar-refractivity contribution in [1.29, 1.82) is 0 Å². The van der Waals surface area contributed by atoms with Gasteiger partial charge in [-0.1, -0.05) is 38.5 Å². The number of hydrogen-bond donors (Lipinski definition) is 9. The van der Waals surface area contributed by atoms with Crippen molar-refractivity contribution in [3.63, 3.8) is 0 Å². The number of H-pyrrole nitrogens is 2. The quantitative estimate of drug-likeness (QED) is 0.0813. The van der Waals surface area contributed by atoms with E-state index in [1.165, 1.54) is 25.1 Å². The number of nitrogens with one attached hydrogen (secondary N) is 6. The van der Waals surface area contributed by atoms with Crippen molar-refractivity contribution >= 4 is 40.6 Å². The number of aliphatic carboxylic acids is 1. The average molecular weight is 742 g/mol. The summed E-state index contributed by atoms with van der Waals surface area (Å²) in [5.74, 6) is -3.80. The zero-order valence-corrected chi connectivity index (χ0v) is 29.8. The maximum Gasteiger partial charge on any atom is 0.330 e. The van der Waals surface area contributed by atoms with Gasteiger partial charge in [-0.2, -0.15) is 0 Å². The van der Waals surface area contributed by atoms with Crippen molar-refractivity contribution in [3.8, 4) is 0 Å². The van der Waals surface area contributed by atoms with Gasteiger partial charge in [0.05, 0.1) is 18.7 Å². The van der Waals surface area contributed by atoms with Crippen LogP contribution in [0.2, 0.25) is 0 Å². The van der Waals surface area contributed by atoms with E-state index < -0.39 is 89.5 Å². The van der Waals surface area contributed by atoms with Gasteiger partial charge in [0.1, 0.15) is 24.2 Å². The number of aromatic amines is 2. The second-order valence-corrected chi connectivity index (χ2v) is 13.1. The number of ether oxygens (including phenoxy) is 1. The first-order chi connectivity index (χ1) is 25.1. The number of aromatic nitrogens is 3. The maximum atomic E-state index is 13.8. The molecule has 0 bridgehead atoms. The van der Waals surface area contributed by atoms with Gasteiger partial charge >= 0.3 is 17.7 Å². The Labute approximate surface area is 303 Å². The molecule has 0 spiro atoms. The molecule has 0 aliphatic carbocycles. The third kappa shape index (κ3) is 9.87. The molecule has 8 atom stereocenters. The molecule has 1 aromatic carbocycles. The Kier molecular flexibility index (Phi) is 13.5. The van der Waals surface area contributed by atoms with E-state index in [0.717, 1.165) is 21.5 Å². The number of nitrogens with two attached hydrogens (primary N) is 1. The van der Waals surface area contributed by atoms with Crippen molar-refractivity contribution < 1.29 is 38.9 Å². The number of rotatable bonds is 16. The summed E-state index contributed by atoms with van der Waals surface area (Å²) in [6, 6.07) is 2.58. The van der Waals surface area contributed by atoms with E-state index in [0.29, 0.717) is 12.0 Å². The lowest BCUT2D eigenvalue weighted by Gasteiger charge is -2.33. The lowest BCUT2D eigenvalue weighted by atomic mass is 9.97. The van der Waals surface area contributed by atoms with E-state index in [1.807, 2.05) is 24.3 Å². The molecule has 4 rings (SSSR count). The molecule has 19 heteroatoms. The van der Waals surface area contributed by atoms with Crippen LogP contribution in [0.1, 0.15) is 45.4 Å². The molecule has 1 aliphatic rings. The van der Waals surface area contributed by atoms with Crippen LogP contribution in [0.25, 0.3) is 10.9 Å². The number of amides is 5. The van der Waals surface area contributed by atoms with Gasteiger partial charge in [-0.25, -0.2) is 14.4 Å². The predicted octanol–water partition coefficient (Wildman–Crippen LogP) is -1.52. The Morgan fingerprint density at radius 1 is 1.06 bits per heavy atom. The summed E-state index contributed by atoms with van der Waals surface area (Å²) in [5.41, 5.74) is 5.61. The molecule has 3 heterocycles. The molecule has 0 radical (unpaired) electrons. The summed E-state index contributed by atoms with van der Waals surface area (Å²) in [6.45, 7) is 4.46. The molecule has 0 unspecified atom stereocenters. The molecule has 2 aromatic heterocycles. The first-order valence-corrected chi connectivity index (χ1v) is 17.2. The van der Waals surface area contributed by atoms with Gasteiger partial charge in [-0.3, -0.25) is 28.7 Å². The number of likely N-dealkylation sites (N-methyl/N-ethyl adjacent to an activating group) is 1. The van der Waals surface area contributed by atoms with E-state index in [2.05, 4.69) is 31.2 Å². The van der Waals surface area contributed by atoms with E-state index in [4.69, 9.17) is 10.5 Å². The molecule has 19 nitrogen and oxygen atoms in total. The monoisotopic (exact) mass is 741 g/mol. The lowest BCUT2D eigenvalue weighted by Crippen LogP contribution is -2.63. The highest BCUT2D eigenvalue weighted by atomic mass is 16.5. The number of nitrogens with zero attached hydrogens (tertiary/aromatic N) is 2. The van der Waals surface area contributed by atoms with Gasteiger partial charge < -0.3 is 51.8 Å². The smallest absolute Gasteiger partial charge is 0.330 e. The Morgan fingerprint density at radius 3 is 2.43 bits per heavy atom. The number of fused-ring (bicyclic) bond motifs is 1. The topological polar surface area (TPSA) is 283 Å². The Bertz CT molecular complexity index is 1910. The fourth-order valence-corrected chi connectivity index (χ4v) is 6.07. The molecule has 5 amide bonds. The lowest BCUT2D eigenvalue weighted by molar-refractivity contribution is -0.139. The van der Waals surface area contributed by atoms with Crippen LogP contribution in [0.3, 0.4) is 0 Å². The van der Waals surface area contributed by atoms with Crippen LogP contribution in [0.4, 0.5) is 4.79 Å². The molecule has 3 aromatic rings. The Balaban J connectivity index is 1.47. The van der Waals surface area contributed by atoms with Crippen molar-refractivity contribution in [2.75, 3.05) is 20.1 Å². The van der Waals surface area contributed by atoms with E-state index in [1.54, 1.807) is 20.0 Å². The number of carbonyl (C=O) groups is 5. The Morgan fingerprint density at radius 2 is 1.77 bits per heavy atom. The second-order valence-electron chi connectivity index (χ2n) is 13.1. The molecule has 10 N–H and O–H groups in total. The first-order valence-electron chi connectivity index (χ1n) is 17.2. The molecular formula is C34H47N9O10. The van der Waals surface area contributed by atoms with Crippen molar-refractivity contribution in [1.82, 2.24) is 40.7 Å². The largest absolute Gasteiger partial charge is 0.480 e. The van der Waals surface area contributed by atoms with Crippen LogP contribution in [0.5, 0.6) is 0 Å². The highest BCUT2D eigenvalue weighted by molar-refractivity contribution is 5.93. The third-order valence-electron chi connectivity index (χ3n) is 9.52. The fourth-order valence-electron chi connectivity index (χ4n) is 6.07. The summed E-state index contributed by atoms with van der Waals surface area (Å²) in [6.07, 6.45) is 0.162. The van der Waals surface area contributed by atoms with Gasteiger partial charge in [0.2, 0.25) is 17.7 Å². The van der Waals surface area contributed by atoms with E-state index >= 15 is 0 Å². The number of para-hydroxylation sites is 1. The molecule has 1 aliphatic heterocycles. The predicted molar refractivity (Wildman–Crippen MR) is 190 cm³/mol. The van der Waals surface area contributed by atoms with Gasteiger partial charge in [0, 0.05) is 55.8 Å². The summed E-state index contributed by atoms with van der Waals surface area (Å²) in [4.78, 5) is 95.5. The summed E-state index contributed by atoms with van der Waals surface area (Å²) in [7, 11) is 1.41. The van der Waals surface area contributed by atoms with Crippen LogP contribution in [-0.2, 0) is 30.3 Å². The minimum atomic E-state index is -1.38. The highest BCUT2D eigenvalue weighted by Gasteiger charge is 2.38. The molecule has 1 fully saturated rings. The highest BCUT2D eigenvalue weighted by Crippen LogP contribution is 2.27. The van der Waals surface area contributed by atoms with Gasteiger partial charge in [0.25, 0.3) is 5.56 Å². The number of carbonyl (C=O) groups excluding carboxylic acids is 4. The fraction of sp³-hybridized carbons (Fsp3) is 0.500. The molecule has 288 valence electrons. The van der Waals surface area contributed by atoms with Crippen molar-refractivity contribution in [3.05, 3.63) is 69.1 Å². The summed E-state index contributed by atoms with van der Waals surface area (Å²) < 4.78 is 6.81. The van der Waals surface area contributed by atoms with Gasteiger partial charge in [-0.15, -0.1) is 0 Å². The number of hydrogen-bond acceptors (Lipinski definition) is 10. The maximum absolute atomic E-state index is 13.8. The van der Waals surface area contributed by atoms with Crippen LogP contribution in [0.15, 0.2) is 52.3 Å². The van der Waals surface area contributed by atoms with Crippen LogP contribution in [-0.4, -0.2) is 116 Å².